The zero-order valence-electron chi connectivity index (χ0n) is 12.2. The molecule has 1 atom stereocenters. The second kappa shape index (κ2) is 12.3. The first-order valence-electron chi connectivity index (χ1n) is 6.71. The maximum atomic E-state index is 11.0. The molecular weight excluding hydrogens is 250 g/mol. The van der Waals surface area contributed by atoms with Crippen molar-refractivity contribution in [1.29, 1.82) is 0 Å². The molecule has 0 heterocycles. The molecular formula is C13H27NO5. The lowest BCUT2D eigenvalue weighted by Gasteiger charge is -2.17. The molecule has 0 fully saturated rings. The third-order valence-corrected chi connectivity index (χ3v) is 2.39. The van der Waals surface area contributed by atoms with E-state index >= 15 is 0 Å². The molecule has 1 unspecified atom stereocenters. The highest BCUT2D eigenvalue weighted by Gasteiger charge is 2.17. The van der Waals surface area contributed by atoms with Crippen molar-refractivity contribution in [1.82, 2.24) is 5.32 Å². The number of carbonyl (C=O) groups is 1. The van der Waals surface area contributed by atoms with Crippen LogP contribution in [0.15, 0.2) is 0 Å². The Bertz CT molecular complexity index is 223. The molecule has 6 heteroatoms. The molecule has 0 radical (unpaired) electrons. The van der Waals surface area contributed by atoms with Crippen LogP contribution < -0.4 is 5.32 Å². The number of methoxy groups -OCH3 is 1. The standard InChI is InChI=1S/C13H27NO5/c1-11(2)14-12(13(15)16)5-8-18-6-4-7-19-10-9-17-3/h11-12,14H,4-10H2,1-3H3,(H,15,16). The van der Waals surface area contributed by atoms with Crippen LogP contribution in [0.2, 0.25) is 0 Å². The summed E-state index contributed by atoms with van der Waals surface area (Å²) in [4.78, 5) is 11.0. The molecule has 0 saturated carbocycles. The van der Waals surface area contributed by atoms with E-state index in [1.165, 1.54) is 0 Å². The summed E-state index contributed by atoms with van der Waals surface area (Å²) < 4.78 is 15.5. The predicted molar refractivity (Wildman–Crippen MR) is 72.4 cm³/mol. The minimum atomic E-state index is -0.833. The Labute approximate surface area is 115 Å². The van der Waals surface area contributed by atoms with Crippen molar-refractivity contribution in [2.45, 2.75) is 38.8 Å². The Morgan fingerprint density at radius 1 is 1.11 bits per heavy atom. The molecule has 0 bridgehead atoms. The van der Waals surface area contributed by atoms with Crippen LogP contribution in [0.1, 0.15) is 26.7 Å². The molecule has 0 aliphatic carbocycles. The summed E-state index contributed by atoms with van der Waals surface area (Å²) in [5, 5.41) is 12.0. The normalized spacial score (nSPS) is 12.8. The number of carboxylic acid groups (broad SMARTS) is 1. The fraction of sp³-hybridized carbons (Fsp3) is 0.923. The average Bonchev–Trinajstić information content (AvgIpc) is 2.34. The summed E-state index contributed by atoms with van der Waals surface area (Å²) in [6.45, 7) is 6.70. The van der Waals surface area contributed by atoms with Crippen molar-refractivity contribution in [2.75, 3.05) is 40.1 Å². The molecule has 0 aromatic heterocycles. The minimum absolute atomic E-state index is 0.148. The molecule has 114 valence electrons. The zero-order chi connectivity index (χ0) is 14.5. The monoisotopic (exact) mass is 277 g/mol. The van der Waals surface area contributed by atoms with Crippen LogP contribution in [-0.2, 0) is 19.0 Å². The van der Waals surface area contributed by atoms with Gasteiger partial charge in [0.2, 0.25) is 0 Å². The number of aliphatic carboxylic acids is 1. The van der Waals surface area contributed by atoms with E-state index in [1.807, 2.05) is 13.8 Å². The first kappa shape index (κ1) is 18.3. The number of rotatable bonds is 13. The van der Waals surface area contributed by atoms with Gasteiger partial charge in [-0.25, -0.2) is 0 Å². The van der Waals surface area contributed by atoms with Gasteiger partial charge in [-0.05, 0) is 12.8 Å². The van der Waals surface area contributed by atoms with E-state index in [4.69, 9.17) is 19.3 Å². The fourth-order valence-corrected chi connectivity index (χ4v) is 1.49. The van der Waals surface area contributed by atoms with E-state index in [9.17, 15) is 4.79 Å². The number of hydrogen-bond donors (Lipinski definition) is 2. The van der Waals surface area contributed by atoms with Gasteiger partial charge in [0.25, 0.3) is 0 Å². The molecule has 0 saturated heterocycles. The number of ether oxygens (including phenoxy) is 3. The topological polar surface area (TPSA) is 77.0 Å². The Kier molecular flexibility index (Phi) is 11.9. The van der Waals surface area contributed by atoms with E-state index in [0.717, 1.165) is 6.42 Å². The molecule has 0 spiro atoms. The van der Waals surface area contributed by atoms with Gasteiger partial charge in [0.05, 0.1) is 13.2 Å². The van der Waals surface area contributed by atoms with Gasteiger partial charge in [-0.1, -0.05) is 13.8 Å². The van der Waals surface area contributed by atoms with Gasteiger partial charge in [0.15, 0.2) is 0 Å². The van der Waals surface area contributed by atoms with E-state index in [-0.39, 0.29) is 6.04 Å². The van der Waals surface area contributed by atoms with Crippen molar-refractivity contribution in [2.24, 2.45) is 0 Å². The van der Waals surface area contributed by atoms with Crippen LogP contribution in [0.25, 0.3) is 0 Å². The van der Waals surface area contributed by atoms with E-state index in [0.29, 0.717) is 39.5 Å². The third kappa shape index (κ3) is 12.1. The second-order valence-electron chi connectivity index (χ2n) is 4.57. The molecule has 19 heavy (non-hydrogen) atoms. The average molecular weight is 277 g/mol. The van der Waals surface area contributed by atoms with Crippen LogP contribution in [0.5, 0.6) is 0 Å². The Hall–Kier alpha value is -0.690. The number of carboxylic acids is 1. The highest BCUT2D eigenvalue weighted by Crippen LogP contribution is 1.97. The molecule has 6 nitrogen and oxygen atoms in total. The minimum Gasteiger partial charge on any atom is -0.480 e. The summed E-state index contributed by atoms with van der Waals surface area (Å²) in [6, 6.07) is -0.395. The van der Waals surface area contributed by atoms with E-state index < -0.39 is 12.0 Å². The lowest BCUT2D eigenvalue weighted by Crippen LogP contribution is -2.41. The van der Waals surface area contributed by atoms with Crippen LogP contribution in [0, 0.1) is 0 Å². The van der Waals surface area contributed by atoms with Crippen molar-refractivity contribution in [3.63, 3.8) is 0 Å². The highest BCUT2D eigenvalue weighted by atomic mass is 16.5. The third-order valence-electron chi connectivity index (χ3n) is 2.39. The summed E-state index contributed by atoms with van der Waals surface area (Å²) in [7, 11) is 1.64. The first-order chi connectivity index (χ1) is 9.07. The molecule has 0 aromatic rings. The number of nitrogens with one attached hydrogen (secondary N) is 1. The Morgan fingerprint density at radius 3 is 2.26 bits per heavy atom. The molecule has 2 N–H and O–H groups in total. The SMILES string of the molecule is COCCOCCCOCCC(NC(C)C)C(=O)O. The smallest absolute Gasteiger partial charge is 0.320 e. The van der Waals surface area contributed by atoms with Gasteiger partial charge in [-0.2, -0.15) is 0 Å². The highest BCUT2D eigenvalue weighted by molar-refractivity contribution is 5.73. The lowest BCUT2D eigenvalue weighted by molar-refractivity contribution is -0.140. The molecule has 0 amide bonds. The van der Waals surface area contributed by atoms with Crippen molar-refractivity contribution in [3.05, 3.63) is 0 Å². The lowest BCUT2D eigenvalue weighted by atomic mass is 10.2. The first-order valence-corrected chi connectivity index (χ1v) is 6.71. The zero-order valence-corrected chi connectivity index (χ0v) is 12.2. The van der Waals surface area contributed by atoms with Gasteiger partial charge in [-0.15, -0.1) is 0 Å². The summed E-state index contributed by atoms with van der Waals surface area (Å²) in [5.74, 6) is -0.833. The molecule has 0 rings (SSSR count). The van der Waals surface area contributed by atoms with Gasteiger partial charge in [-0.3, -0.25) is 4.79 Å². The van der Waals surface area contributed by atoms with Gasteiger partial charge >= 0.3 is 5.97 Å². The summed E-state index contributed by atoms with van der Waals surface area (Å²) >= 11 is 0. The van der Waals surface area contributed by atoms with Crippen molar-refractivity contribution >= 4 is 5.97 Å². The number of hydrogen-bond acceptors (Lipinski definition) is 5. The maximum absolute atomic E-state index is 11.0. The molecule has 0 aliphatic heterocycles. The van der Waals surface area contributed by atoms with Gasteiger partial charge in [0, 0.05) is 33.0 Å². The molecule has 0 aromatic carbocycles. The van der Waals surface area contributed by atoms with Gasteiger partial charge in [0.1, 0.15) is 6.04 Å². The van der Waals surface area contributed by atoms with Crippen LogP contribution in [0.3, 0.4) is 0 Å². The molecule has 0 aliphatic rings. The van der Waals surface area contributed by atoms with Crippen LogP contribution in [0.4, 0.5) is 0 Å². The second-order valence-corrected chi connectivity index (χ2v) is 4.57. The summed E-state index contributed by atoms with van der Waals surface area (Å²) in [5.41, 5.74) is 0. The van der Waals surface area contributed by atoms with Crippen molar-refractivity contribution < 1.29 is 24.1 Å². The summed E-state index contributed by atoms with van der Waals surface area (Å²) in [6.07, 6.45) is 1.27. The van der Waals surface area contributed by atoms with E-state index in [2.05, 4.69) is 5.32 Å². The quantitative estimate of drug-likeness (QED) is 0.487. The predicted octanol–water partition coefficient (Wildman–Crippen LogP) is 0.897. The Balaban J connectivity index is 3.42. The maximum Gasteiger partial charge on any atom is 0.320 e. The van der Waals surface area contributed by atoms with E-state index in [1.54, 1.807) is 7.11 Å². The largest absolute Gasteiger partial charge is 0.480 e. The van der Waals surface area contributed by atoms with Crippen molar-refractivity contribution in [3.8, 4) is 0 Å². The van der Waals surface area contributed by atoms with Gasteiger partial charge < -0.3 is 24.6 Å². The van der Waals surface area contributed by atoms with Crippen LogP contribution >= 0.6 is 0 Å². The fourth-order valence-electron chi connectivity index (χ4n) is 1.49. The van der Waals surface area contributed by atoms with Crippen LogP contribution in [-0.4, -0.2) is 63.3 Å². The Morgan fingerprint density at radius 2 is 1.74 bits per heavy atom.